The van der Waals surface area contributed by atoms with E-state index in [-0.39, 0.29) is 46.6 Å². The van der Waals surface area contributed by atoms with Gasteiger partial charge in [-0.15, -0.1) is 0 Å². The molecule has 2 aromatic carbocycles. The first-order chi connectivity index (χ1) is 20.2. The largest absolute Gasteiger partial charge is 0.388 e. The number of hydrogen-bond acceptors (Lipinski definition) is 5. The van der Waals surface area contributed by atoms with Crippen molar-refractivity contribution in [3.8, 4) is 0 Å². The molecule has 2 aromatic rings. The molecule has 0 aromatic heterocycles. The van der Waals surface area contributed by atoms with Crippen molar-refractivity contribution < 1.29 is 23.8 Å². The first-order valence-corrected chi connectivity index (χ1v) is 15.9. The van der Waals surface area contributed by atoms with Gasteiger partial charge < -0.3 is 20.5 Å². The normalized spacial score (nSPS) is 31.2. The Bertz CT molecular complexity index is 1440. The zero-order chi connectivity index (χ0) is 30.9. The molecule has 5 atom stereocenters. The van der Waals surface area contributed by atoms with E-state index < -0.39 is 34.3 Å². The summed E-state index contributed by atoms with van der Waals surface area (Å²) in [5, 5.41) is 20.7. The van der Waals surface area contributed by atoms with Crippen molar-refractivity contribution in [3.05, 3.63) is 63.4 Å². The van der Waals surface area contributed by atoms with Crippen LogP contribution in [-0.2, 0) is 19.7 Å². The average Bonchev–Trinajstić information content (AvgIpc) is 3.39. The van der Waals surface area contributed by atoms with Crippen LogP contribution in [0.4, 0.5) is 10.1 Å². The van der Waals surface area contributed by atoms with E-state index >= 15 is 4.39 Å². The third kappa shape index (κ3) is 4.98. The maximum Gasteiger partial charge on any atom is 0.238 e. The molecule has 43 heavy (non-hydrogen) atoms. The van der Waals surface area contributed by atoms with Gasteiger partial charge >= 0.3 is 0 Å². The minimum atomic E-state index is -1.30. The Hall–Kier alpha value is -2.23. The fraction of sp³-hybridized carbons (Fsp3) is 0.576. The van der Waals surface area contributed by atoms with Crippen LogP contribution in [0.1, 0.15) is 83.3 Å². The lowest BCUT2D eigenvalue weighted by Crippen LogP contribution is -2.61. The molecule has 6 rings (SSSR count). The Labute approximate surface area is 262 Å². The Morgan fingerprint density at radius 1 is 1.12 bits per heavy atom. The van der Waals surface area contributed by atoms with Gasteiger partial charge in [-0.05, 0) is 87.1 Å². The van der Waals surface area contributed by atoms with Crippen molar-refractivity contribution in [1.29, 1.82) is 0 Å². The molecule has 232 valence electrons. The lowest BCUT2D eigenvalue weighted by Gasteiger charge is -2.50. The molecule has 3 heterocycles. The second-order valence-electron chi connectivity index (χ2n) is 14.2. The number of hydrogen-bond donors (Lipinski definition) is 4. The molecule has 2 spiro atoms. The van der Waals surface area contributed by atoms with Gasteiger partial charge in [-0.2, -0.15) is 0 Å². The van der Waals surface area contributed by atoms with Crippen molar-refractivity contribution in [2.45, 2.75) is 107 Å². The molecule has 2 amide bonds. The Morgan fingerprint density at radius 2 is 1.84 bits per heavy atom. The number of amides is 2. The standard InChI is InChI=1S/C33H40Cl2FN3O4/c1-30(2)12-14-32(15-13-30)33(21-10-8-18(34)16-23(21)38-29(33)41)25(20-6-5-7-22(35)26(20)36)27(39-32)28(40)37-19-9-11-24(43-17-19)31(3,4)42/h5-8,10,16,19,24-25,27,39,42H,9,11-15,17H2,1-4H3,(H,37,40)(H,38,41)/t19-,24+,25+,27-,33-/m1/s1. The van der Waals surface area contributed by atoms with Crippen molar-refractivity contribution >= 4 is 40.7 Å². The van der Waals surface area contributed by atoms with E-state index in [4.69, 9.17) is 27.9 Å². The van der Waals surface area contributed by atoms with Crippen molar-refractivity contribution in [2.75, 3.05) is 11.9 Å². The summed E-state index contributed by atoms with van der Waals surface area (Å²) in [6, 6.07) is 8.87. The molecule has 1 aliphatic carbocycles. The average molecular weight is 633 g/mol. The zero-order valence-electron chi connectivity index (χ0n) is 25.0. The predicted molar refractivity (Wildman–Crippen MR) is 165 cm³/mol. The van der Waals surface area contributed by atoms with E-state index in [1.54, 1.807) is 38.1 Å². The molecule has 3 fully saturated rings. The molecule has 4 aliphatic rings. The minimum Gasteiger partial charge on any atom is -0.388 e. The molecular weight excluding hydrogens is 592 g/mol. The van der Waals surface area contributed by atoms with E-state index in [2.05, 4.69) is 29.8 Å². The second kappa shape index (κ2) is 10.7. The molecule has 3 aliphatic heterocycles. The number of carbonyl (C=O) groups excluding carboxylic acids is 2. The van der Waals surface area contributed by atoms with Gasteiger partial charge in [-0.1, -0.05) is 55.2 Å². The number of benzene rings is 2. The van der Waals surface area contributed by atoms with E-state index in [9.17, 15) is 14.7 Å². The summed E-state index contributed by atoms with van der Waals surface area (Å²) >= 11 is 12.7. The molecular formula is C33H40Cl2FN3O4. The van der Waals surface area contributed by atoms with Gasteiger partial charge in [0.1, 0.15) is 11.2 Å². The number of ether oxygens (including phenoxy) is 1. The van der Waals surface area contributed by atoms with Crippen LogP contribution >= 0.6 is 23.2 Å². The molecule has 4 N–H and O–H groups in total. The topological polar surface area (TPSA) is 99.7 Å². The first-order valence-electron chi connectivity index (χ1n) is 15.2. The maximum absolute atomic E-state index is 16.1. The third-order valence-electron chi connectivity index (χ3n) is 10.5. The summed E-state index contributed by atoms with van der Waals surface area (Å²) in [6.07, 6.45) is 3.77. The van der Waals surface area contributed by atoms with Crippen molar-refractivity contribution in [1.82, 2.24) is 10.6 Å². The molecule has 0 bridgehead atoms. The van der Waals surface area contributed by atoms with E-state index in [0.29, 0.717) is 42.0 Å². The first kappa shape index (κ1) is 30.8. The van der Waals surface area contributed by atoms with E-state index in [1.165, 1.54) is 6.07 Å². The van der Waals surface area contributed by atoms with Crippen LogP contribution in [0.2, 0.25) is 10.0 Å². The number of carbonyl (C=O) groups is 2. The molecule has 2 saturated heterocycles. The van der Waals surface area contributed by atoms with Crippen LogP contribution in [0.25, 0.3) is 0 Å². The number of rotatable bonds is 4. The highest BCUT2D eigenvalue weighted by Gasteiger charge is 2.73. The fourth-order valence-electron chi connectivity index (χ4n) is 8.13. The van der Waals surface area contributed by atoms with Crippen LogP contribution in [-0.4, -0.2) is 52.9 Å². The summed E-state index contributed by atoms with van der Waals surface area (Å²) in [4.78, 5) is 28.9. The van der Waals surface area contributed by atoms with Gasteiger partial charge in [-0.3, -0.25) is 14.9 Å². The van der Waals surface area contributed by atoms with Crippen molar-refractivity contribution in [3.63, 3.8) is 0 Å². The van der Waals surface area contributed by atoms with Gasteiger partial charge in [0.2, 0.25) is 11.8 Å². The van der Waals surface area contributed by atoms with E-state index in [0.717, 1.165) is 12.8 Å². The summed E-state index contributed by atoms with van der Waals surface area (Å²) < 4.78 is 22.0. The van der Waals surface area contributed by atoms with Gasteiger partial charge in [0, 0.05) is 22.2 Å². The third-order valence-corrected chi connectivity index (χ3v) is 11.0. The molecule has 1 saturated carbocycles. The Morgan fingerprint density at radius 3 is 2.49 bits per heavy atom. The van der Waals surface area contributed by atoms with Crippen LogP contribution < -0.4 is 16.0 Å². The number of aliphatic hydroxyl groups is 1. The number of nitrogens with one attached hydrogen (secondary N) is 3. The lowest BCUT2D eigenvalue weighted by atomic mass is 9.53. The minimum absolute atomic E-state index is 0.0552. The highest BCUT2D eigenvalue weighted by Crippen LogP contribution is 2.64. The quantitative estimate of drug-likeness (QED) is 0.339. The van der Waals surface area contributed by atoms with Crippen LogP contribution in [0, 0.1) is 11.2 Å². The zero-order valence-corrected chi connectivity index (χ0v) is 26.5. The lowest BCUT2D eigenvalue weighted by molar-refractivity contribution is -0.131. The van der Waals surface area contributed by atoms with Crippen LogP contribution in [0.5, 0.6) is 0 Å². The predicted octanol–water partition coefficient (Wildman–Crippen LogP) is 5.85. The Kier molecular flexibility index (Phi) is 7.65. The summed E-state index contributed by atoms with van der Waals surface area (Å²) in [6.45, 7) is 8.10. The van der Waals surface area contributed by atoms with Gasteiger partial charge in [0.15, 0.2) is 0 Å². The number of halogens is 3. The fourth-order valence-corrected chi connectivity index (χ4v) is 8.48. The number of fused-ring (bicyclic) bond motifs is 3. The summed E-state index contributed by atoms with van der Waals surface area (Å²) in [5.74, 6) is -2.13. The molecule has 10 heteroatoms. The van der Waals surface area contributed by atoms with Crippen LogP contribution in [0.15, 0.2) is 36.4 Å². The highest BCUT2D eigenvalue weighted by molar-refractivity contribution is 6.31. The molecule has 0 unspecified atom stereocenters. The van der Waals surface area contributed by atoms with Gasteiger partial charge in [0.05, 0.1) is 35.4 Å². The van der Waals surface area contributed by atoms with Gasteiger partial charge in [-0.25, -0.2) is 4.39 Å². The van der Waals surface area contributed by atoms with Crippen molar-refractivity contribution in [2.24, 2.45) is 5.41 Å². The monoisotopic (exact) mass is 631 g/mol. The van der Waals surface area contributed by atoms with Gasteiger partial charge in [0.25, 0.3) is 0 Å². The second-order valence-corrected chi connectivity index (χ2v) is 15.0. The summed E-state index contributed by atoms with van der Waals surface area (Å²) in [7, 11) is 0. The maximum atomic E-state index is 16.1. The number of anilines is 1. The molecule has 0 radical (unpaired) electrons. The summed E-state index contributed by atoms with van der Waals surface area (Å²) in [5.41, 5.74) is -1.55. The highest BCUT2D eigenvalue weighted by atomic mass is 35.5. The molecule has 7 nitrogen and oxygen atoms in total. The SMILES string of the molecule is CC1(C)CCC2(CC1)N[C@@H](C(=O)N[C@@H]1CC[C@@H](C(C)(C)O)OC1)[C@H](c1cccc(Cl)c1F)[C@]21C(=O)Nc2cc(Cl)ccc21. The van der Waals surface area contributed by atoms with Crippen LogP contribution in [0.3, 0.4) is 0 Å². The smallest absolute Gasteiger partial charge is 0.238 e. The van der Waals surface area contributed by atoms with E-state index in [1.807, 2.05) is 6.07 Å². The Balaban J connectivity index is 1.47.